The van der Waals surface area contributed by atoms with Crippen molar-refractivity contribution in [2.75, 3.05) is 0 Å². The summed E-state index contributed by atoms with van der Waals surface area (Å²) in [7, 11) is 0. The normalized spacial score (nSPS) is 10.7. The fourth-order valence-corrected chi connectivity index (χ4v) is 6.81. The summed E-state index contributed by atoms with van der Waals surface area (Å²) in [5.74, 6) is 0. The second-order valence-electron chi connectivity index (χ2n) is 3.76. The van der Waals surface area contributed by atoms with E-state index in [-0.39, 0.29) is 17.0 Å². The smallest absolute Gasteiger partial charge is 1.00 e. The molecule has 0 amide bonds. The summed E-state index contributed by atoms with van der Waals surface area (Å²) in [5.41, 5.74) is 0. The maximum Gasteiger partial charge on any atom is -1.00 e. The van der Waals surface area contributed by atoms with Crippen LogP contribution in [0.1, 0.15) is 6.92 Å². The van der Waals surface area contributed by atoms with Gasteiger partial charge in [-0.15, -0.1) is 0 Å². The number of halogens is 1. The van der Waals surface area contributed by atoms with Crippen molar-refractivity contribution >= 4 is 22.6 Å². The van der Waals surface area contributed by atoms with Gasteiger partial charge in [0.25, 0.3) is 0 Å². The van der Waals surface area contributed by atoms with Crippen molar-refractivity contribution in [3.63, 3.8) is 0 Å². The van der Waals surface area contributed by atoms with Gasteiger partial charge in [-0.25, -0.2) is 0 Å². The van der Waals surface area contributed by atoms with Crippen LogP contribution in [0.25, 0.3) is 0 Å². The predicted molar refractivity (Wildman–Crippen MR) is 70.6 cm³/mol. The molecule has 0 aromatic heterocycles. The van der Waals surface area contributed by atoms with Crippen LogP contribution in [-0.2, 0) is 0 Å². The van der Waals surface area contributed by atoms with Gasteiger partial charge < -0.3 is 17.0 Å². The molecule has 2 aromatic carbocycles. The van der Waals surface area contributed by atoms with E-state index < -0.39 is 13.9 Å². The van der Waals surface area contributed by atoms with Crippen LogP contribution in [0.15, 0.2) is 60.7 Å². The van der Waals surface area contributed by atoms with Gasteiger partial charge in [0.1, 0.15) is 0 Å². The fourth-order valence-electron chi connectivity index (χ4n) is 1.86. The molecule has 0 heterocycles. The van der Waals surface area contributed by atoms with Gasteiger partial charge in [0.15, 0.2) is 0 Å². The SMILES string of the molecule is CC[As+](O)(c1ccccc1)c1ccccc1.[Br-]. The Balaban J connectivity index is 0.00000144. The first-order valence-corrected chi connectivity index (χ1v) is 9.53. The Labute approximate surface area is 116 Å². The number of hydrogen-bond acceptors (Lipinski definition) is 1. The van der Waals surface area contributed by atoms with Crippen molar-refractivity contribution in [2.24, 2.45) is 0 Å². The molecule has 0 saturated heterocycles. The molecule has 90 valence electrons. The van der Waals surface area contributed by atoms with Crippen LogP contribution in [-0.4, -0.2) is 18.0 Å². The van der Waals surface area contributed by atoms with E-state index in [4.69, 9.17) is 0 Å². The zero-order valence-corrected chi connectivity index (χ0v) is 13.2. The molecule has 0 bridgehead atoms. The molecule has 17 heavy (non-hydrogen) atoms. The van der Waals surface area contributed by atoms with Crippen molar-refractivity contribution < 1.29 is 21.1 Å². The summed E-state index contributed by atoms with van der Waals surface area (Å²) in [6, 6.07) is 20.2. The van der Waals surface area contributed by atoms with E-state index >= 15 is 0 Å². The maximum absolute atomic E-state index is 10.9. The van der Waals surface area contributed by atoms with E-state index in [2.05, 4.69) is 6.92 Å². The molecule has 3 heteroatoms. The fraction of sp³-hybridized carbons (Fsp3) is 0.143. The maximum atomic E-state index is 10.9. The summed E-state index contributed by atoms with van der Waals surface area (Å²) >= 11 is -2.86. The minimum Gasteiger partial charge on any atom is -1.00 e. The third kappa shape index (κ3) is 3.01. The zero-order valence-electron chi connectivity index (χ0n) is 9.75. The van der Waals surface area contributed by atoms with Gasteiger partial charge >= 0.3 is 99.5 Å². The Hall–Kier alpha value is -0.562. The van der Waals surface area contributed by atoms with Crippen molar-refractivity contribution in [1.82, 2.24) is 0 Å². The van der Waals surface area contributed by atoms with Crippen LogP contribution in [0, 0.1) is 0 Å². The molecular formula is C14H16AsBrO. The van der Waals surface area contributed by atoms with Crippen molar-refractivity contribution in [2.45, 2.75) is 12.1 Å². The first kappa shape index (κ1) is 14.5. The summed E-state index contributed by atoms with van der Waals surface area (Å²) in [6.45, 7) is 2.08. The molecule has 0 fully saturated rings. The largest absolute Gasteiger partial charge is 1.00 e. The Morgan fingerprint density at radius 1 is 0.824 bits per heavy atom. The molecular weight excluding hydrogens is 339 g/mol. The molecule has 2 rings (SSSR count). The molecule has 2 aromatic rings. The van der Waals surface area contributed by atoms with Crippen molar-refractivity contribution in [1.29, 1.82) is 0 Å². The average molecular weight is 355 g/mol. The molecule has 0 aliphatic rings. The summed E-state index contributed by atoms with van der Waals surface area (Å²) < 4.78 is 13.2. The van der Waals surface area contributed by atoms with E-state index in [0.29, 0.717) is 0 Å². The summed E-state index contributed by atoms with van der Waals surface area (Å²) in [4.78, 5) is 0. The number of rotatable bonds is 3. The van der Waals surface area contributed by atoms with Crippen LogP contribution in [0.4, 0.5) is 0 Å². The third-order valence-corrected chi connectivity index (χ3v) is 9.58. The molecule has 0 radical (unpaired) electrons. The van der Waals surface area contributed by atoms with Crippen LogP contribution in [0.3, 0.4) is 0 Å². The quantitative estimate of drug-likeness (QED) is 0.684. The second kappa shape index (κ2) is 6.39. The molecule has 1 N–H and O–H groups in total. The Morgan fingerprint density at radius 3 is 1.47 bits per heavy atom. The molecule has 1 nitrogen and oxygen atoms in total. The number of hydrogen-bond donors (Lipinski definition) is 1. The van der Waals surface area contributed by atoms with Crippen LogP contribution in [0.2, 0.25) is 5.21 Å². The third-order valence-electron chi connectivity index (χ3n) is 2.82. The molecule has 0 aliphatic carbocycles. The second-order valence-corrected chi connectivity index (χ2v) is 10.5. The van der Waals surface area contributed by atoms with E-state index in [9.17, 15) is 4.10 Å². The standard InChI is InChI=1S/C14H16AsO.BrH/c1-2-15(16,13-9-5-3-6-10-13)14-11-7-4-8-12-14;/h3-12,16H,2H2,1H3;1H/q+1;/p-1. The first-order valence-electron chi connectivity index (χ1n) is 5.49. The van der Waals surface area contributed by atoms with Crippen molar-refractivity contribution in [3.8, 4) is 0 Å². The minimum absolute atomic E-state index is 0. The van der Waals surface area contributed by atoms with E-state index in [0.717, 1.165) is 13.9 Å². The van der Waals surface area contributed by atoms with Crippen LogP contribution >= 0.6 is 0 Å². The summed E-state index contributed by atoms with van der Waals surface area (Å²) in [6.07, 6.45) is 0. The van der Waals surface area contributed by atoms with Crippen LogP contribution in [0.5, 0.6) is 0 Å². The monoisotopic (exact) mass is 354 g/mol. The van der Waals surface area contributed by atoms with Gasteiger partial charge in [-0.2, -0.15) is 0 Å². The zero-order chi connectivity index (χ0) is 11.4. The molecule has 0 unspecified atom stereocenters. The Morgan fingerprint density at radius 2 is 1.18 bits per heavy atom. The molecule has 0 saturated carbocycles. The van der Waals surface area contributed by atoms with Gasteiger partial charge in [-0.3, -0.25) is 0 Å². The molecule has 0 aliphatic heterocycles. The predicted octanol–water partition coefficient (Wildman–Crippen LogP) is -1.24. The topological polar surface area (TPSA) is 20.2 Å². The first-order chi connectivity index (χ1) is 7.77. The average Bonchev–Trinajstić information content (AvgIpc) is 2.40. The van der Waals surface area contributed by atoms with Crippen molar-refractivity contribution in [3.05, 3.63) is 60.7 Å². The van der Waals surface area contributed by atoms with Crippen LogP contribution < -0.4 is 25.7 Å². The van der Waals surface area contributed by atoms with Gasteiger partial charge in [0.05, 0.1) is 0 Å². The number of benzene rings is 2. The van der Waals surface area contributed by atoms with E-state index in [1.807, 2.05) is 60.7 Å². The molecule has 0 spiro atoms. The van der Waals surface area contributed by atoms with E-state index in [1.54, 1.807) is 0 Å². The molecule has 0 atom stereocenters. The Kier molecular flexibility index (Phi) is 5.45. The Bertz CT molecular complexity index is 405. The van der Waals surface area contributed by atoms with Gasteiger partial charge in [0.2, 0.25) is 0 Å². The van der Waals surface area contributed by atoms with Gasteiger partial charge in [-0.1, -0.05) is 0 Å². The van der Waals surface area contributed by atoms with Gasteiger partial charge in [-0.05, 0) is 0 Å². The van der Waals surface area contributed by atoms with E-state index in [1.165, 1.54) is 0 Å². The minimum atomic E-state index is -2.86. The van der Waals surface area contributed by atoms with Gasteiger partial charge in [0, 0.05) is 0 Å². The summed E-state index contributed by atoms with van der Waals surface area (Å²) in [5, 5.41) is 0.840.